The van der Waals surface area contributed by atoms with Gasteiger partial charge in [0.2, 0.25) is 0 Å². The summed E-state index contributed by atoms with van der Waals surface area (Å²) in [6.45, 7) is 3.96. The summed E-state index contributed by atoms with van der Waals surface area (Å²) < 4.78 is 12.4. The second kappa shape index (κ2) is 3.64. The number of hydrogen-bond acceptors (Lipinski definition) is 4. The molecule has 1 aliphatic rings. The Balaban J connectivity index is 2.25. The summed E-state index contributed by atoms with van der Waals surface area (Å²) in [7, 11) is 0. The van der Waals surface area contributed by atoms with Gasteiger partial charge in [-0.15, -0.1) is 11.3 Å². The Morgan fingerprint density at radius 2 is 1.94 bits per heavy atom. The molecule has 1 aromatic heterocycles. The van der Waals surface area contributed by atoms with Crippen molar-refractivity contribution in [3.8, 4) is 11.5 Å². The monoisotopic (exact) mass is 235 g/mol. The van der Waals surface area contributed by atoms with Crippen LogP contribution in [0.1, 0.15) is 10.4 Å². The predicted molar refractivity (Wildman–Crippen MR) is 65.4 cm³/mol. The molecule has 0 unspecified atom stereocenters. The van der Waals surface area contributed by atoms with Crippen molar-refractivity contribution in [1.82, 2.24) is 0 Å². The fourth-order valence-corrected chi connectivity index (χ4v) is 3.10. The molecule has 0 bridgehead atoms. The molecule has 1 aliphatic heterocycles. The average molecular weight is 235 g/mol. The average Bonchev–Trinajstić information content (AvgIpc) is 2.63. The van der Waals surface area contributed by atoms with Crippen LogP contribution in [0.4, 0.5) is 0 Å². The number of thiophene rings is 1. The van der Waals surface area contributed by atoms with Gasteiger partial charge in [-0.05, 0) is 23.9 Å². The molecule has 3 rings (SSSR count). The lowest BCUT2D eigenvalue weighted by Gasteiger charge is -2.18. The van der Waals surface area contributed by atoms with E-state index in [1.165, 1.54) is 20.5 Å². The topological polar surface area (TPSA) is 44.5 Å². The van der Waals surface area contributed by atoms with Crippen LogP contribution < -0.4 is 15.2 Å². The number of ether oxygens (including phenoxy) is 2. The first-order valence-electron chi connectivity index (χ1n) is 5.31. The Morgan fingerprint density at radius 3 is 2.62 bits per heavy atom. The summed E-state index contributed by atoms with van der Waals surface area (Å²) in [6.07, 6.45) is 0. The summed E-state index contributed by atoms with van der Waals surface area (Å²) >= 11 is 1.74. The first kappa shape index (κ1) is 9.93. The fourth-order valence-electron chi connectivity index (χ4n) is 2.00. The third-order valence-corrected chi connectivity index (χ3v) is 4.16. The van der Waals surface area contributed by atoms with Crippen LogP contribution >= 0.6 is 11.3 Å². The molecule has 2 heterocycles. The Bertz CT molecular complexity index is 547. The van der Waals surface area contributed by atoms with E-state index in [0.29, 0.717) is 19.8 Å². The summed E-state index contributed by atoms with van der Waals surface area (Å²) in [4.78, 5) is 1.23. The van der Waals surface area contributed by atoms with E-state index in [1.54, 1.807) is 11.3 Å². The van der Waals surface area contributed by atoms with Gasteiger partial charge in [-0.25, -0.2) is 0 Å². The highest BCUT2D eigenvalue weighted by Crippen LogP contribution is 2.40. The summed E-state index contributed by atoms with van der Waals surface area (Å²) in [6, 6.07) is 4.12. The van der Waals surface area contributed by atoms with E-state index in [0.717, 1.165) is 11.5 Å². The van der Waals surface area contributed by atoms with Crippen molar-refractivity contribution in [2.75, 3.05) is 13.2 Å². The van der Waals surface area contributed by atoms with Gasteiger partial charge < -0.3 is 15.2 Å². The zero-order valence-electron chi connectivity index (χ0n) is 9.08. The number of hydrogen-bond donors (Lipinski definition) is 1. The second-order valence-corrected chi connectivity index (χ2v) is 4.98. The van der Waals surface area contributed by atoms with Crippen molar-refractivity contribution < 1.29 is 9.47 Å². The van der Waals surface area contributed by atoms with Crippen molar-refractivity contribution in [3.05, 3.63) is 22.6 Å². The molecule has 16 heavy (non-hydrogen) atoms. The number of fused-ring (bicyclic) bond motifs is 2. The fraction of sp³-hybridized carbons (Fsp3) is 0.333. The number of benzene rings is 1. The molecular formula is C12H13NO2S. The molecule has 0 atom stereocenters. The molecule has 0 fully saturated rings. The lowest BCUT2D eigenvalue weighted by atomic mass is 10.1. The number of rotatable bonds is 1. The van der Waals surface area contributed by atoms with E-state index in [1.807, 2.05) is 0 Å². The first-order valence-corrected chi connectivity index (χ1v) is 6.13. The second-order valence-electron chi connectivity index (χ2n) is 3.85. The Morgan fingerprint density at radius 1 is 1.25 bits per heavy atom. The van der Waals surface area contributed by atoms with E-state index in [-0.39, 0.29) is 0 Å². The molecule has 2 N–H and O–H groups in total. The highest BCUT2D eigenvalue weighted by molar-refractivity contribution is 7.19. The van der Waals surface area contributed by atoms with Crippen LogP contribution in [-0.2, 0) is 6.54 Å². The molecule has 0 saturated carbocycles. The molecule has 0 spiro atoms. The van der Waals surface area contributed by atoms with Gasteiger partial charge in [-0.3, -0.25) is 0 Å². The van der Waals surface area contributed by atoms with Crippen molar-refractivity contribution in [2.24, 2.45) is 5.73 Å². The maximum Gasteiger partial charge on any atom is 0.162 e. The van der Waals surface area contributed by atoms with Crippen molar-refractivity contribution in [2.45, 2.75) is 13.5 Å². The minimum Gasteiger partial charge on any atom is -0.486 e. The van der Waals surface area contributed by atoms with Gasteiger partial charge in [0.1, 0.15) is 13.2 Å². The largest absolute Gasteiger partial charge is 0.486 e. The standard InChI is InChI=1S/C12H13NO2S/c1-7-8-4-9-10(15-3-2-14-9)5-11(8)16-12(7)6-13/h4-5H,2-3,6,13H2,1H3. The summed E-state index contributed by atoms with van der Waals surface area (Å²) in [5.74, 6) is 1.70. The first-order chi connectivity index (χ1) is 7.79. The Labute approximate surface area is 97.8 Å². The van der Waals surface area contributed by atoms with Gasteiger partial charge in [0.05, 0.1) is 0 Å². The van der Waals surface area contributed by atoms with Crippen LogP contribution in [-0.4, -0.2) is 13.2 Å². The minimum absolute atomic E-state index is 0.595. The van der Waals surface area contributed by atoms with Crippen molar-refractivity contribution in [1.29, 1.82) is 0 Å². The van der Waals surface area contributed by atoms with Gasteiger partial charge >= 0.3 is 0 Å². The van der Waals surface area contributed by atoms with Gasteiger partial charge in [0.25, 0.3) is 0 Å². The quantitative estimate of drug-likeness (QED) is 0.825. The minimum atomic E-state index is 0.595. The van der Waals surface area contributed by atoms with Crippen LogP contribution in [0, 0.1) is 6.92 Å². The molecule has 0 amide bonds. The van der Waals surface area contributed by atoms with Crippen LogP contribution in [0.3, 0.4) is 0 Å². The van der Waals surface area contributed by atoms with E-state index in [9.17, 15) is 0 Å². The van der Waals surface area contributed by atoms with Crippen LogP contribution in [0.15, 0.2) is 12.1 Å². The Hall–Kier alpha value is -1.26. The maximum absolute atomic E-state index is 5.72. The van der Waals surface area contributed by atoms with E-state index < -0.39 is 0 Å². The van der Waals surface area contributed by atoms with Crippen LogP contribution in [0.2, 0.25) is 0 Å². The number of nitrogens with two attached hydrogens (primary N) is 1. The highest BCUT2D eigenvalue weighted by atomic mass is 32.1. The normalized spacial score (nSPS) is 14.4. The van der Waals surface area contributed by atoms with Crippen LogP contribution in [0.5, 0.6) is 11.5 Å². The van der Waals surface area contributed by atoms with Gasteiger partial charge in [-0.2, -0.15) is 0 Å². The molecule has 3 nitrogen and oxygen atoms in total. The molecule has 0 aliphatic carbocycles. The van der Waals surface area contributed by atoms with E-state index in [2.05, 4.69) is 19.1 Å². The molecule has 0 saturated heterocycles. The smallest absolute Gasteiger partial charge is 0.162 e. The molecule has 2 aromatic rings. The third kappa shape index (κ3) is 1.37. The molecule has 84 valence electrons. The SMILES string of the molecule is Cc1c(CN)sc2cc3c(cc12)OCCO3. The predicted octanol–water partition coefficient (Wildman–Crippen LogP) is 2.44. The summed E-state index contributed by atoms with van der Waals surface area (Å²) in [5, 5.41) is 1.23. The number of aryl methyl sites for hydroxylation is 1. The van der Waals surface area contributed by atoms with Gasteiger partial charge in [0, 0.05) is 22.2 Å². The zero-order chi connectivity index (χ0) is 11.1. The summed E-state index contributed by atoms with van der Waals surface area (Å²) in [5.41, 5.74) is 6.98. The van der Waals surface area contributed by atoms with Crippen molar-refractivity contribution >= 4 is 21.4 Å². The van der Waals surface area contributed by atoms with E-state index >= 15 is 0 Å². The highest BCUT2D eigenvalue weighted by Gasteiger charge is 2.16. The lowest BCUT2D eigenvalue weighted by Crippen LogP contribution is -2.15. The van der Waals surface area contributed by atoms with Crippen LogP contribution in [0.25, 0.3) is 10.1 Å². The molecular weight excluding hydrogens is 222 g/mol. The molecule has 4 heteroatoms. The zero-order valence-corrected chi connectivity index (χ0v) is 9.89. The van der Waals surface area contributed by atoms with E-state index in [4.69, 9.17) is 15.2 Å². The molecule has 0 radical (unpaired) electrons. The maximum atomic E-state index is 5.72. The lowest BCUT2D eigenvalue weighted by molar-refractivity contribution is 0.172. The third-order valence-electron chi connectivity index (χ3n) is 2.89. The van der Waals surface area contributed by atoms with Gasteiger partial charge in [0.15, 0.2) is 11.5 Å². The molecule has 1 aromatic carbocycles. The van der Waals surface area contributed by atoms with Gasteiger partial charge in [-0.1, -0.05) is 0 Å². The Kier molecular flexibility index (Phi) is 2.26. The van der Waals surface area contributed by atoms with Crippen molar-refractivity contribution in [3.63, 3.8) is 0 Å².